The van der Waals surface area contributed by atoms with Crippen molar-refractivity contribution in [2.24, 2.45) is 0 Å². The first-order valence-electron chi connectivity index (χ1n) is 11.1. The standard InChI is InChI=1S/C24H28N6O4/c1-24(23-27-15-13-19(32-3)20(33-4)14-16(15)28-23)9-6-12-29(24)21-17(30-25-10-11-26-30)7-8-18(31-2)22(21)34-5/h7-8,10-11,13-14H,6,9,12H2,1-5H3,(H,27,28)/t24-/m0/s1. The fourth-order valence-electron chi connectivity index (χ4n) is 4.82. The van der Waals surface area contributed by atoms with Gasteiger partial charge < -0.3 is 28.8 Å². The number of aromatic amines is 1. The van der Waals surface area contributed by atoms with E-state index >= 15 is 0 Å². The van der Waals surface area contributed by atoms with E-state index < -0.39 is 5.54 Å². The van der Waals surface area contributed by atoms with Gasteiger partial charge >= 0.3 is 0 Å². The number of anilines is 1. The summed E-state index contributed by atoms with van der Waals surface area (Å²) in [6, 6.07) is 7.62. The fraction of sp³-hybridized carbons (Fsp3) is 0.375. The molecule has 178 valence electrons. The zero-order valence-electron chi connectivity index (χ0n) is 20.0. The number of methoxy groups -OCH3 is 4. The summed E-state index contributed by atoms with van der Waals surface area (Å²) >= 11 is 0. The molecule has 10 heteroatoms. The molecular weight excluding hydrogens is 436 g/mol. The molecule has 2 aromatic heterocycles. The number of nitrogens with zero attached hydrogens (tertiary/aromatic N) is 5. The fourth-order valence-corrected chi connectivity index (χ4v) is 4.82. The van der Waals surface area contributed by atoms with Crippen molar-refractivity contribution >= 4 is 16.7 Å². The highest BCUT2D eigenvalue weighted by molar-refractivity contribution is 5.81. The Labute approximate surface area is 197 Å². The summed E-state index contributed by atoms with van der Waals surface area (Å²) in [7, 11) is 6.53. The van der Waals surface area contributed by atoms with E-state index in [1.165, 1.54) is 0 Å². The van der Waals surface area contributed by atoms with Crippen LogP contribution < -0.4 is 23.8 Å². The molecule has 1 fully saturated rings. The molecule has 1 N–H and O–H groups in total. The van der Waals surface area contributed by atoms with Crippen LogP contribution in [0.25, 0.3) is 16.7 Å². The first-order chi connectivity index (χ1) is 16.5. The molecule has 1 aliphatic rings. The Morgan fingerprint density at radius 1 is 0.912 bits per heavy atom. The second-order valence-corrected chi connectivity index (χ2v) is 8.33. The maximum Gasteiger partial charge on any atom is 0.186 e. The number of H-pyrrole nitrogens is 1. The van der Waals surface area contributed by atoms with Gasteiger partial charge in [0.1, 0.15) is 17.2 Å². The molecule has 0 unspecified atom stereocenters. The summed E-state index contributed by atoms with van der Waals surface area (Å²) in [4.78, 5) is 12.4. The molecule has 1 saturated heterocycles. The Morgan fingerprint density at radius 3 is 2.29 bits per heavy atom. The summed E-state index contributed by atoms with van der Waals surface area (Å²) < 4.78 is 22.4. The van der Waals surface area contributed by atoms with Gasteiger partial charge in [-0.15, -0.1) is 4.80 Å². The summed E-state index contributed by atoms with van der Waals surface area (Å²) in [6.07, 6.45) is 5.19. The van der Waals surface area contributed by atoms with Crippen LogP contribution >= 0.6 is 0 Å². The third kappa shape index (κ3) is 3.28. The smallest absolute Gasteiger partial charge is 0.186 e. The topological polar surface area (TPSA) is 99.5 Å². The first-order valence-corrected chi connectivity index (χ1v) is 11.1. The Morgan fingerprint density at radius 2 is 1.62 bits per heavy atom. The van der Waals surface area contributed by atoms with Crippen LogP contribution in [0.3, 0.4) is 0 Å². The molecule has 10 nitrogen and oxygen atoms in total. The number of imidazole rings is 1. The van der Waals surface area contributed by atoms with Crippen molar-refractivity contribution in [3.8, 4) is 28.7 Å². The third-order valence-electron chi connectivity index (χ3n) is 6.54. The van der Waals surface area contributed by atoms with Crippen molar-refractivity contribution in [1.29, 1.82) is 0 Å². The predicted octanol–water partition coefficient (Wildman–Crippen LogP) is 3.69. The summed E-state index contributed by atoms with van der Waals surface area (Å²) in [5.41, 5.74) is 2.91. The lowest BCUT2D eigenvalue weighted by Gasteiger charge is -2.37. The molecular formula is C24H28N6O4. The zero-order chi connectivity index (χ0) is 23.9. The van der Waals surface area contributed by atoms with Crippen LogP contribution in [0, 0.1) is 0 Å². The molecule has 0 saturated carbocycles. The van der Waals surface area contributed by atoms with Gasteiger partial charge in [0.05, 0.1) is 57.4 Å². The molecule has 2 aromatic carbocycles. The lowest BCUT2D eigenvalue weighted by atomic mass is 9.97. The van der Waals surface area contributed by atoms with E-state index in [9.17, 15) is 0 Å². The van der Waals surface area contributed by atoms with Gasteiger partial charge in [-0.25, -0.2) is 4.98 Å². The van der Waals surface area contributed by atoms with Crippen LogP contribution in [0.1, 0.15) is 25.6 Å². The van der Waals surface area contributed by atoms with Crippen LogP contribution in [0.2, 0.25) is 0 Å². The molecule has 0 radical (unpaired) electrons. The minimum absolute atomic E-state index is 0.443. The molecule has 0 aliphatic carbocycles. The molecule has 1 aliphatic heterocycles. The normalized spacial score (nSPS) is 17.9. The van der Waals surface area contributed by atoms with E-state index in [0.29, 0.717) is 23.0 Å². The maximum atomic E-state index is 5.87. The highest BCUT2D eigenvalue weighted by atomic mass is 16.5. The molecule has 1 atom stereocenters. The van der Waals surface area contributed by atoms with Gasteiger partial charge in [-0.1, -0.05) is 0 Å². The van der Waals surface area contributed by atoms with Crippen LogP contribution in [0.4, 0.5) is 5.69 Å². The molecule has 4 aromatic rings. The average molecular weight is 465 g/mol. The molecule has 0 amide bonds. The van der Waals surface area contributed by atoms with Crippen molar-refractivity contribution < 1.29 is 18.9 Å². The van der Waals surface area contributed by atoms with Crippen LogP contribution in [-0.4, -0.2) is 59.9 Å². The molecule has 5 rings (SSSR count). The van der Waals surface area contributed by atoms with E-state index in [0.717, 1.165) is 47.6 Å². The number of benzene rings is 2. The third-order valence-corrected chi connectivity index (χ3v) is 6.54. The van der Waals surface area contributed by atoms with Crippen molar-refractivity contribution in [2.75, 3.05) is 39.9 Å². The highest BCUT2D eigenvalue weighted by Gasteiger charge is 2.44. The SMILES string of the molecule is COc1cc2nc([C@]3(C)CCCN3c3c(-n4nccn4)ccc(OC)c3OC)[nH]c2cc1OC. The number of hydrogen-bond donors (Lipinski definition) is 1. The second kappa shape index (κ2) is 8.44. The lowest BCUT2D eigenvalue weighted by Crippen LogP contribution is -2.40. The maximum absolute atomic E-state index is 5.87. The number of hydrogen-bond acceptors (Lipinski definition) is 8. The number of fused-ring (bicyclic) bond motifs is 1. The van der Waals surface area contributed by atoms with Gasteiger partial charge in [-0.05, 0) is 31.9 Å². The monoisotopic (exact) mass is 464 g/mol. The van der Waals surface area contributed by atoms with Crippen LogP contribution in [0.5, 0.6) is 23.0 Å². The number of nitrogens with one attached hydrogen (secondary N) is 1. The lowest BCUT2D eigenvalue weighted by molar-refractivity contribution is 0.352. The van der Waals surface area contributed by atoms with Crippen LogP contribution in [0.15, 0.2) is 36.7 Å². The first kappa shape index (κ1) is 21.9. The van der Waals surface area contributed by atoms with Gasteiger partial charge in [-0.3, -0.25) is 0 Å². The molecule has 34 heavy (non-hydrogen) atoms. The van der Waals surface area contributed by atoms with E-state index in [1.807, 2.05) is 24.3 Å². The summed E-state index contributed by atoms with van der Waals surface area (Å²) in [5, 5.41) is 8.75. The van der Waals surface area contributed by atoms with E-state index in [4.69, 9.17) is 23.9 Å². The Balaban J connectivity index is 1.69. The average Bonchev–Trinajstić information content (AvgIpc) is 3.62. The highest BCUT2D eigenvalue weighted by Crippen LogP contribution is 2.50. The molecule has 0 bridgehead atoms. The minimum Gasteiger partial charge on any atom is -0.493 e. The van der Waals surface area contributed by atoms with Gasteiger partial charge in [0.15, 0.2) is 23.0 Å². The molecule has 3 heterocycles. The van der Waals surface area contributed by atoms with E-state index in [-0.39, 0.29) is 0 Å². The van der Waals surface area contributed by atoms with Gasteiger partial charge in [0.25, 0.3) is 0 Å². The largest absolute Gasteiger partial charge is 0.493 e. The van der Waals surface area contributed by atoms with Gasteiger partial charge in [0, 0.05) is 18.7 Å². The Hall–Kier alpha value is -3.95. The summed E-state index contributed by atoms with van der Waals surface area (Å²) in [6.45, 7) is 2.99. The number of ether oxygens (including phenoxy) is 4. The van der Waals surface area contributed by atoms with Crippen LogP contribution in [-0.2, 0) is 5.54 Å². The predicted molar refractivity (Wildman–Crippen MR) is 128 cm³/mol. The van der Waals surface area contributed by atoms with Gasteiger partial charge in [0.2, 0.25) is 0 Å². The Kier molecular flexibility index (Phi) is 5.43. The van der Waals surface area contributed by atoms with Crippen molar-refractivity contribution in [3.63, 3.8) is 0 Å². The number of aromatic nitrogens is 5. The quantitative estimate of drug-likeness (QED) is 0.442. The second-order valence-electron chi connectivity index (χ2n) is 8.33. The van der Waals surface area contributed by atoms with Crippen molar-refractivity contribution in [2.45, 2.75) is 25.3 Å². The van der Waals surface area contributed by atoms with E-state index in [2.05, 4.69) is 27.0 Å². The number of rotatable bonds is 7. The van der Waals surface area contributed by atoms with Gasteiger partial charge in [-0.2, -0.15) is 10.2 Å². The minimum atomic E-state index is -0.443. The zero-order valence-corrected chi connectivity index (χ0v) is 20.0. The summed E-state index contributed by atoms with van der Waals surface area (Å²) in [5.74, 6) is 3.41. The Bertz CT molecular complexity index is 1280. The van der Waals surface area contributed by atoms with Crippen molar-refractivity contribution in [3.05, 3.63) is 42.5 Å². The molecule has 0 spiro atoms. The van der Waals surface area contributed by atoms with Crippen molar-refractivity contribution in [1.82, 2.24) is 25.0 Å². The van der Waals surface area contributed by atoms with E-state index in [1.54, 1.807) is 45.6 Å².